The zero-order valence-corrected chi connectivity index (χ0v) is 12.6. The number of nitrogens with two attached hydrogens (primary N) is 1. The molecule has 0 saturated carbocycles. The Hall–Kier alpha value is -1.83. The van der Waals surface area contributed by atoms with Crippen molar-refractivity contribution in [3.8, 4) is 0 Å². The number of nitrogens with zero attached hydrogens (tertiary/aromatic N) is 4. The smallest absolute Gasteiger partial charge is 0.368 e. The lowest BCUT2D eigenvalue weighted by Gasteiger charge is -2.08. The van der Waals surface area contributed by atoms with Crippen LogP contribution >= 0.6 is 23.1 Å². The molecule has 0 aliphatic carbocycles. The Labute approximate surface area is 133 Å². The van der Waals surface area contributed by atoms with E-state index in [1.165, 1.54) is 6.08 Å². The number of hydrazone groups is 1. The number of hydrogen-bond acceptors (Lipinski definition) is 6. The number of alkyl halides is 6. The molecule has 0 aromatic carbocycles. The normalized spacial score (nSPS) is 14.0. The lowest BCUT2D eigenvalue weighted by molar-refractivity contribution is -0.138. The second-order valence-corrected chi connectivity index (χ2v) is 5.48. The van der Waals surface area contributed by atoms with Crippen molar-refractivity contribution in [3.63, 3.8) is 0 Å². The van der Waals surface area contributed by atoms with Gasteiger partial charge < -0.3 is 5.73 Å². The molecule has 0 saturated heterocycles. The van der Waals surface area contributed by atoms with E-state index < -0.39 is 33.5 Å². The summed E-state index contributed by atoms with van der Waals surface area (Å²) in [6.07, 6.45) is -8.19. The molecule has 0 unspecified atom stereocenters. The van der Waals surface area contributed by atoms with Gasteiger partial charge in [0.1, 0.15) is 0 Å². The van der Waals surface area contributed by atoms with Gasteiger partial charge in [0.2, 0.25) is 16.1 Å². The fourth-order valence-corrected chi connectivity index (χ4v) is 2.07. The lowest BCUT2D eigenvalue weighted by atomic mass is 10.7. The molecule has 0 fully saturated rings. The van der Waals surface area contributed by atoms with Crippen LogP contribution in [0.2, 0.25) is 0 Å². The SMILES string of the molecule is C=CCSC(=NN/C(N)=N\c1nnc(C(F)(F)F)s1)C(F)(F)F. The minimum atomic E-state index is -4.73. The molecule has 1 heterocycles. The molecule has 0 radical (unpaired) electrons. The van der Waals surface area contributed by atoms with Gasteiger partial charge in [-0.25, -0.2) is 5.43 Å². The first-order valence-corrected chi connectivity index (χ1v) is 7.23. The maximum absolute atomic E-state index is 12.6. The zero-order chi connectivity index (χ0) is 17.7. The van der Waals surface area contributed by atoms with Crippen molar-refractivity contribution in [2.24, 2.45) is 15.8 Å². The molecule has 0 spiro atoms. The molecule has 0 atom stereocenters. The summed E-state index contributed by atoms with van der Waals surface area (Å²) < 4.78 is 74.7. The molecule has 23 heavy (non-hydrogen) atoms. The van der Waals surface area contributed by atoms with Crippen LogP contribution in [0.3, 0.4) is 0 Å². The van der Waals surface area contributed by atoms with Crippen molar-refractivity contribution in [1.82, 2.24) is 15.6 Å². The van der Waals surface area contributed by atoms with Gasteiger partial charge in [-0.15, -0.1) is 16.8 Å². The highest BCUT2D eigenvalue weighted by atomic mass is 32.2. The first kappa shape index (κ1) is 19.2. The maximum atomic E-state index is 12.6. The molecule has 128 valence electrons. The Kier molecular flexibility index (Phi) is 6.37. The van der Waals surface area contributed by atoms with Gasteiger partial charge in [0.05, 0.1) is 0 Å². The maximum Gasteiger partial charge on any atom is 0.445 e. The molecule has 1 rings (SSSR count). The van der Waals surface area contributed by atoms with E-state index in [0.29, 0.717) is 11.8 Å². The minimum absolute atomic E-state index is 0.0532. The first-order valence-electron chi connectivity index (χ1n) is 5.43. The highest BCUT2D eigenvalue weighted by molar-refractivity contribution is 8.14. The monoisotopic (exact) mass is 378 g/mol. The summed E-state index contributed by atoms with van der Waals surface area (Å²) in [5.74, 6) is -0.724. The summed E-state index contributed by atoms with van der Waals surface area (Å²) >= 11 is 0.422. The Bertz CT molecular complexity index is 604. The predicted octanol–water partition coefficient (Wildman–Crippen LogP) is 2.89. The predicted molar refractivity (Wildman–Crippen MR) is 75.5 cm³/mol. The van der Waals surface area contributed by atoms with E-state index in [4.69, 9.17) is 5.73 Å². The Morgan fingerprint density at radius 1 is 1.30 bits per heavy atom. The van der Waals surface area contributed by atoms with Crippen molar-refractivity contribution in [2.45, 2.75) is 12.4 Å². The van der Waals surface area contributed by atoms with Crippen molar-refractivity contribution >= 4 is 39.2 Å². The van der Waals surface area contributed by atoms with Gasteiger partial charge >= 0.3 is 12.4 Å². The number of thioether (sulfide) groups is 1. The molecule has 0 amide bonds. The molecular formula is C9H8F6N6S2. The molecule has 3 N–H and O–H groups in total. The van der Waals surface area contributed by atoms with E-state index in [1.54, 1.807) is 5.43 Å². The Morgan fingerprint density at radius 2 is 1.96 bits per heavy atom. The largest absolute Gasteiger partial charge is 0.445 e. The van der Waals surface area contributed by atoms with Crippen molar-refractivity contribution in [2.75, 3.05) is 5.75 Å². The van der Waals surface area contributed by atoms with Crippen LogP contribution in [0.15, 0.2) is 22.7 Å². The van der Waals surface area contributed by atoms with E-state index in [-0.39, 0.29) is 17.1 Å². The Morgan fingerprint density at radius 3 is 2.43 bits per heavy atom. The first-order chi connectivity index (χ1) is 10.5. The average Bonchev–Trinajstić information content (AvgIpc) is 2.85. The molecule has 1 aromatic heterocycles. The van der Waals surface area contributed by atoms with Gasteiger partial charge in [-0.3, -0.25) is 0 Å². The van der Waals surface area contributed by atoms with Gasteiger partial charge in [0.15, 0.2) is 5.04 Å². The number of hydrogen-bond donors (Lipinski definition) is 2. The van der Waals surface area contributed by atoms with Crippen LogP contribution < -0.4 is 11.2 Å². The van der Waals surface area contributed by atoms with Crippen LogP contribution in [0.5, 0.6) is 0 Å². The third-order valence-electron chi connectivity index (χ3n) is 1.73. The second-order valence-electron chi connectivity index (χ2n) is 3.51. The van der Waals surface area contributed by atoms with Crippen LogP contribution in [-0.4, -0.2) is 33.1 Å². The van der Waals surface area contributed by atoms with Crippen molar-refractivity contribution < 1.29 is 26.3 Å². The fourth-order valence-electron chi connectivity index (χ4n) is 0.927. The van der Waals surface area contributed by atoms with Gasteiger partial charge in [0.25, 0.3) is 0 Å². The fraction of sp³-hybridized carbons (Fsp3) is 0.333. The van der Waals surface area contributed by atoms with E-state index in [1.807, 2.05) is 0 Å². The molecule has 6 nitrogen and oxygen atoms in total. The number of rotatable bonds is 4. The number of nitrogens with one attached hydrogen (secondary N) is 1. The second kappa shape index (κ2) is 7.63. The van der Waals surface area contributed by atoms with Crippen LogP contribution in [0.1, 0.15) is 5.01 Å². The number of aliphatic imine (C=N–C) groups is 1. The summed E-state index contributed by atoms with van der Waals surface area (Å²) in [6, 6.07) is 0. The quantitative estimate of drug-likeness (QED) is 0.277. The van der Waals surface area contributed by atoms with Gasteiger partial charge in [-0.05, 0) is 0 Å². The molecule has 0 aliphatic heterocycles. The molecule has 14 heteroatoms. The van der Waals surface area contributed by atoms with Gasteiger partial charge in [-0.1, -0.05) is 29.2 Å². The molecule has 1 aromatic rings. The molecular weight excluding hydrogens is 370 g/mol. The number of halogens is 6. The highest BCUT2D eigenvalue weighted by Gasteiger charge is 2.37. The lowest BCUT2D eigenvalue weighted by Crippen LogP contribution is -2.31. The van der Waals surface area contributed by atoms with E-state index in [2.05, 4.69) is 26.9 Å². The third-order valence-corrected chi connectivity index (χ3v) is 3.59. The third kappa shape index (κ3) is 6.43. The summed E-state index contributed by atoms with van der Waals surface area (Å²) in [5, 5.41) is 5.97. The van der Waals surface area contributed by atoms with Crippen LogP contribution in [0.25, 0.3) is 0 Å². The van der Waals surface area contributed by atoms with Crippen LogP contribution in [0.4, 0.5) is 31.5 Å². The van der Waals surface area contributed by atoms with E-state index in [0.717, 1.165) is 0 Å². The van der Waals surface area contributed by atoms with Crippen LogP contribution in [0, 0.1) is 0 Å². The molecule has 0 bridgehead atoms. The number of guanidine groups is 1. The average molecular weight is 378 g/mol. The zero-order valence-electron chi connectivity index (χ0n) is 10.9. The van der Waals surface area contributed by atoms with Gasteiger partial charge in [-0.2, -0.15) is 36.4 Å². The molecule has 0 aliphatic rings. The van der Waals surface area contributed by atoms with E-state index >= 15 is 0 Å². The van der Waals surface area contributed by atoms with Crippen molar-refractivity contribution in [1.29, 1.82) is 0 Å². The summed E-state index contributed by atoms with van der Waals surface area (Å²) in [5.41, 5.74) is 7.03. The standard InChI is InChI=1S/C9H8F6N6S2/c1-2-3-22-4(8(10,11)12)18-20-6(16)17-7-21-19-5(23-7)9(13,14)15/h2H,1,3H2,(H3,16,17,20,21). The van der Waals surface area contributed by atoms with E-state index in [9.17, 15) is 26.3 Å². The Balaban J connectivity index is 2.84. The number of aromatic nitrogens is 2. The minimum Gasteiger partial charge on any atom is -0.368 e. The summed E-state index contributed by atoms with van der Waals surface area (Å²) in [4.78, 5) is 3.35. The van der Waals surface area contributed by atoms with Gasteiger partial charge in [0, 0.05) is 5.75 Å². The summed E-state index contributed by atoms with van der Waals surface area (Å²) in [6.45, 7) is 3.27. The summed E-state index contributed by atoms with van der Waals surface area (Å²) in [7, 11) is 0. The highest BCUT2D eigenvalue weighted by Crippen LogP contribution is 2.33. The van der Waals surface area contributed by atoms with Crippen LogP contribution in [-0.2, 0) is 6.18 Å². The topological polar surface area (TPSA) is 88.5 Å². The van der Waals surface area contributed by atoms with Crippen molar-refractivity contribution in [3.05, 3.63) is 17.7 Å².